The van der Waals surface area contributed by atoms with E-state index in [1.165, 1.54) is 6.92 Å². The molecule has 8 heteroatoms. The average molecular weight is 438 g/mol. The van der Waals surface area contributed by atoms with Gasteiger partial charge >= 0.3 is 5.97 Å². The molecule has 0 spiro atoms. The van der Waals surface area contributed by atoms with Gasteiger partial charge in [0, 0.05) is 10.0 Å². The molecule has 3 rings (SSSR count). The number of amides is 1. The first kappa shape index (κ1) is 21.3. The lowest BCUT2D eigenvalue weighted by Gasteiger charge is -2.20. The molecular formula is C21H21Cl2NO5. The van der Waals surface area contributed by atoms with Gasteiger partial charge in [-0.2, -0.15) is 0 Å². The van der Waals surface area contributed by atoms with Crippen molar-refractivity contribution in [2.75, 3.05) is 13.2 Å². The van der Waals surface area contributed by atoms with E-state index in [0.717, 1.165) is 5.56 Å². The summed E-state index contributed by atoms with van der Waals surface area (Å²) in [7, 11) is 0. The maximum Gasteiger partial charge on any atom is 0.311 e. The minimum Gasteiger partial charge on any atom is -0.486 e. The van der Waals surface area contributed by atoms with Gasteiger partial charge in [0.2, 0.25) is 0 Å². The normalized spacial score (nSPS) is 14.6. The number of nitrogens with one attached hydrogen (secondary N) is 1. The van der Waals surface area contributed by atoms with Crippen LogP contribution in [-0.4, -0.2) is 31.2 Å². The molecule has 0 fully saturated rings. The van der Waals surface area contributed by atoms with Crippen LogP contribution in [-0.2, 0) is 20.7 Å². The highest BCUT2D eigenvalue weighted by Gasteiger charge is 2.22. The third-order valence-corrected chi connectivity index (χ3v) is 4.98. The van der Waals surface area contributed by atoms with Gasteiger partial charge in [0.15, 0.2) is 17.6 Å². The summed E-state index contributed by atoms with van der Waals surface area (Å²) < 4.78 is 16.2. The van der Waals surface area contributed by atoms with Crippen molar-refractivity contribution in [1.82, 2.24) is 5.32 Å². The number of hydrogen-bond acceptors (Lipinski definition) is 5. The molecule has 0 aromatic heterocycles. The van der Waals surface area contributed by atoms with Crippen molar-refractivity contribution in [3.63, 3.8) is 0 Å². The van der Waals surface area contributed by atoms with Crippen LogP contribution < -0.4 is 14.8 Å². The zero-order valence-electron chi connectivity index (χ0n) is 16.0. The molecule has 2 unspecified atom stereocenters. The molecule has 1 aliphatic rings. The molecule has 2 aromatic rings. The fraction of sp³-hybridized carbons (Fsp3) is 0.333. The fourth-order valence-electron chi connectivity index (χ4n) is 2.92. The van der Waals surface area contributed by atoms with Crippen molar-refractivity contribution >= 4 is 35.1 Å². The van der Waals surface area contributed by atoms with Gasteiger partial charge < -0.3 is 19.5 Å². The lowest BCUT2D eigenvalue weighted by molar-refractivity contribution is -0.154. The lowest BCUT2D eigenvalue weighted by Crippen LogP contribution is -2.37. The fourth-order valence-corrected chi connectivity index (χ4v) is 3.49. The molecule has 0 saturated carbocycles. The van der Waals surface area contributed by atoms with Gasteiger partial charge in [0.05, 0.1) is 12.5 Å². The van der Waals surface area contributed by atoms with Crippen molar-refractivity contribution in [3.8, 4) is 11.5 Å². The van der Waals surface area contributed by atoms with Gasteiger partial charge in [0.1, 0.15) is 13.2 Å². The minimum atomic E-state index is -0.951. The summed E-state index contributed by atoms with van der Waals surface area (Å²) in [5, 5.41) is 3.75. The summed E-state index contributed by atoms with van der Waals surface area (Å²) >= 11 is 12.1. The van der Waals surface area contributed by atoms with Crippen molar-refractivity contribution in [2.45, 2.75) is 32.4 Å². The van der Waals surface area contributed by atoms with Crippen LogP contribution in [0.3, 0.4) is 0 Å². The topological polar surface area (TPSA) is 73.9 Å². The van der Waals surface area contributed by atoms with E-state index in [4.69, 9.17) is 37.4 Å². The number of fused-ring (bicyclic) bond motifs is 1. The summed E-state index contributed by atoms with van der Waals surface area (Å²) in [6.45, 7) is 4.28. The summed E-state index contributed by atoms with van der Waals surface area (Å²) in [5.41, 5.74) is 1.44. The molecule has 0 radical (unpaired) electrons. The van der Waals surface area contributed by atoms with Crippen LogP contribution in [0.2, 0.25) is 10.0 Å². The molecule has 1 N–H and O–H groups in total. The summed E-state index contributed by atoms with van der Waals surface area (Å²) in [6, 6.07) is 9.94. The molecule has 1 amide bonds. The quantitative estimate of drug-likeness (QED) is 0.688. The number of hydrogen-bond donors (Lipinski definition) is 1. The van der Waals surface area contributed by atoms with E-state index in [2.05, 4.69) is 5.32 Å². The molecule has 1 aliphatic heterocycles. The van der Waals surface area contributed by atoms with Crippen molar-refractivity contribution < 1.29 is 23.8 Å². The molecule has 29 heavy (non-hydrogen) atoms. The average Bonchev–Trinajstić information content (AvgIpc) is 2.67. The Morgan fingerprint density at radius 1 is 1.07 bits per heavy atom. The van der Waals surface area contributed by atoms with Crippen LogP contribution in [0.5, 0.6) is 11.5 Å². The molecule has 0 bridgehead atoms. The Balaban J connectivity index is 1.54. The van der Waals surface area contributed by atoms with E-state index in [9.17, 15) is 9.59 Å². The van der Waals surface area contributed by atoms with Crippen LogP contribution in [0, 0.1) is 0 Å². The second-order valence-corrected chi connectivity index (χ2v) is 7.53. The Morgan fingerprint density at radius 3 is 2.52 bits per heavy atom. The molecular weight excluding hydrogens is 417 g/mol. The standard InChI is InChI=1S/C21H21Cl2NO5/c1-12(16-5-4-15(22)11-17(16)23)24-21(26)13(2)29-20(25)10-14-3-6-18-19(9-14)28-8-7-27-18/h3-6,9,11-13H,7-8,10H2,1-2H3,(H,24,26). The summed E-state index contributed by atoms with van der Waals surface area (Å²) in [4.78, 5) is 24.6. The maximum absolute atomic E-state index is 12.4. The lowest BCUT2D eigenvalue weighted by atomic mass is 10.1. The van der Waals surface area contributed by atoms with E-state index >= 15 is 0 Å². The van der Waals surface area contributed by atoms with E-state index in [0.29, 0.717) is 40.3 Å². The Morgan fingerprint density at radius 2 is 1.79 bits per heavy atom. The van der Waals surface area contributed by atoms with Gasteiger partial charge in [-0.25, -0.2) is 0 Å². The number of halogens is 2. The van der Waals surface area contributed by atoms with Gasteiger partial charge in [-0.1, -0.05) is 35.3 Å². The van der Waals surface area contributed by atoms with E-state index < -0.39 is 18.0 Å². The van der Waals surface area contributed by atoms with Gasteiger partial charge in [-0.05, 0) is 49.2 Å². The maximum atomic E-state index is 12.4. The highest BCUT2D eigenvalue weighted by Crippen LogP contribution is 2.31. The number of esters is 1. The van der Waals surface area contributed by atoms with Crippen LogP contribution in [0.15, 0.2) is 36.4 Å². The highest BCUT2D eigenvalue weighted by molar-refractivity contribution is 6.35. The second kappa shape index (κ2) is 9.37. The van der Waals surface area contributed by atoms with Crippen molar-refractivity contribution in [1.29, 1.82) is 0 Å². The Kier molecular flexibility index (Phi) is 6.87. The first-order chi connectivity index (χ1) is 13.8. The third-order valence-electron chi connectivity index (χ3n) is 4.42. The van der Waals surface area contributed by atoms with Crippen molar-refractivity contribution in [3.05, 3.63) is 57.6 Å². The minimum absolute atomic E-state index is 0.0207. The van der Waals surface area contributed by atoms with Crippen LogP contribution in [0.4, 0.5) is 0 Å². The predicted molar refractivity (Wildman–Crippen MR) is 110 cm³/mol. The number of ether oxygens (including phenoxy) is 3. The van der Waals surface area contributed by atoms with Gasteiger partial charge in [-0.15, -0.1) is 0 Å². The Hall–Kier alpha value is -2.44. The number of carbonyl (C=O) groups excluding carboxylic acids is 2. The molecule has 0 aliphatic carbocycles. The molecule has 2 aromatic carbocycles. The van der Waals surface area contributed by atoms with Crippen LogP contribution >= 0.6 is 23.2 Å². The van der Waals surface area contributed by atoms with Crippen LogP contribution in [0.25, 0.3) is 0 Å². The summed E-state index contributed by atoms with van der Waals surface area (Å²) in [6.07, 6.45) is -0.930. The monoisotopic (exact) mass is 437 g/mol. The smallest absolute Gasteiger partial charge is 0.311 e. The highest BCUT2D eigenvalue weighted by atomic mass is 35.5. The molecule has 6 nitrogen and oxygen atoms in total. The van der Waals surface area contributed by atoms with Gasteiger partial charge in [0.25, 0.3) is 5.91 Å². The van der Waals surface area contributed by atoms with Crippen LogP contribution in [0.1, 0.15) is 31.0 Å². The number of rotatable bonds is 6. The third kappa shape index (κ3) is 5.55. The van der Waals surface area contributed by atoms with E-state index in [1.807, 2.05) is 0 Å². The van der Waals surface area contributed by atoms with E-state index in [1.54, 1.807) is 43.3 Å². The van der Waals surface area contributed by atoms with E-state index in [-0.39, 0.29) is 12.5 Å². The molecule has 154 valence electrons. The molecule has 2 atom stereocenters. The predicted octanol–water partition coefficient (Wildman–Crippen LogP) is 4.12. The second-order valence-electron chi connectivity index (χ2n) is 6.68. The zero-order chi connectivity index (χ0) is 21.0. The molecule has 0 saturated heterocycles. The number of benzene rings is 2. The van der Waals surface area contributed by atoms with Gasteiger partial charge in [-0.3, -0.25) is 9.59 Å². The first-order valence-electron chi connectivity index (χ1n) is 9.17. The SMILES string of the molecule is CC(OC(=O)Cc1ccc2c(c1)OCCO2)C(=O)NC(C)c1ccc(Cl)cc1Cl. The first-order valence-corrected chi connectivity index (χ1v) is 9.92. The Bertz CT molecular complexity index is 918. The summed E-state index contributed by atoms with van der Waals surface area (Å²) in [5.74, 6) is 0.317. The Labute approximate surface area is 179 Å². The zero-order valence-corrected chi connectivity index (χ0v) is 17.5. The van der Waals surface area contributed by atoms with Crippen molar-refractivity contribution in [2.24, 2.45) is 0 Å². The number of carbonyl (C=O) groups is 2. The molecule has 1 heterocycles. The largest absolute Gasteiger partial charge is 0.486 e.